The van der Waals surface area contributed by atoms with Crippen LogP contribution in [0.15, 0.2) is 0 Å². The lowest BCUT2D eigenvalue weighted by atomic mass is 9.99. The number of aliphatic hydroxyl groups excluding tert-OH is 1. The number of nitrogens with two attached hydrogens (primary N) is 1. The number of rotatable bonds is 35. The number of primary amides is 1. The first-order valence-electron chi connectivity index (χ1n) is 21.8. The first-order chi connectivity index (χ1) is 30.9. The Morgan fingerprint density at radius 2 is 0.970 bits per heavy atom. The molecule has 0 aliphatic heterocycles. The number of ether oxygens (including phenoxy) is 2. The third-order valence-corrected chi connectivity index (χ3v) is 9.64. The molecule has 9 amide bonds. The van der Waals surface area contributed by atoms with E-state index in [-0.39, 0.29) is 70.7 Å². The number of amides is 9. The van der Waals surface area contributed by atoms with Gasteiger partial charge in [-0.3, -0.25) is 52.7 Å². The number of nitrogens with one attached hydrogen (secondary N) is 8. The minimum atomic E-state index is -1.63. The molecule has 0 unspecified atom stereocenters. The van der Waals surface area contributed by atoms with Crippen LogP contribution in [0, 0.1) is 11.8 Å². The van der Waals surface area contributed by atoms with Gasteiger partial charge in [0.15, 0.2) is 0 Å². The Labute approximate surface area is 383 Å². The van der Waals surface area contributed by atoms with Gasteiger partial charge in [-0.05, 0) is 57.8 Å². The lowest BCUT2D eigenvalue weighted by Gasteiger charge is -2.28. The molecule has 13 N–H and O–H groups in total. The highest BCUT2D eigenvalue weighted by Gasteiger charge is 2.34. The van der Waals surface area contributed by atoms with E-state index in [1.54, 1.807) is 34.6 Å². The lowest BCUT2D eigenvalue weighted by molar-refractivity contribution is -0.140. The summed E-state index contributed by atoms with van der Waals surface area (Å²) in [6.45, 7) is 11.2. The fourth-order valence-electron chi connectivity index (χ4n) is 5.76. The van der Waals surface area contributed by atoms with Gasteiger partial charge >= 0.3 is 11.9 Å². The van der Waals surface area contributed by atoms with Crippen molar-refractivity contribution in [3.05, 3.63) is 0 Å². The van der Waals surface area contributed by atoms with Crippen molar-refractivity contribution in [2.45, 2.75) is 142 Å². The topological polar surface area (TPSA) is 389 Å². The Balaban J connectivity index is 5.69. The SMILES string of the molecule is CCC(=O)N[C@H](C(=O)N[C@H](C(=O)N[C@@H](C)C(=O)N[C@@H](C)C(=O)N[C@@H](CCC(=O)O)C(=O)N[C@@H](CCC(=O)O)C(=O)N[C@@H](CCCCNC(=O)COCCOCCO)C(N)=O)C(C)C)C(C)C. The Bertz CT molecular complexity index is 1650. The summed E-state index contributed by atoms with van der Waals surface area (Å²) in [6, 6.07) is -9.25. The summed E-state index contributed by atoms with van der Waals surface area (Å²) >= 11 is 0. The number of hydrogen-bond donors (Lipinski definition) is 12. The Hall–Kier alpha value is -5.95. The van der Waals surface area contributed by atoms with Crippen molar-refractivity contribution in [2.24, 2.45) is 17.6 Å². The van der Waals surface area contributed by atoms with Gasteiger partial charge in [0.05, 0.1) is 26.4 Å². The van der Waals surface area contributed by atoms with Crippen LogP contribution >= 0.6 is 0 Å². The molecule has 0 rings (SSSR count). The molecule has 0 aliphatic rings. The molecule has 0 fully saturated rings. The standard InChI is InChI=1S/C41H71N9O16/c1-8-29(52)49-33(22(2)3)41(64)50-34(23(4)5)40(63)45-24(6)36(59)44-25(7)37(60)47-27(12-14-31(54)55)39(62)48-28(13-15-32(56)57)38(61)46-26(35(42)58)11-9-10-16-43-30(53)21-66-20-19-65-18-17-51/h22-28,33-34,51H,8-21H2,1-7H3,(H2,42,58)(H,43,53)(H,44,59)(H,45,63)(H,46,61)(H,47,60)(H,48,62)(H,49,52)(H,50,64)(H,54,55)(H,56,57)/t24-,25-,26-,27-,28-,33-,34-/m0/s1. The van der Waals surface area contributed by atoms with Crippen molar-refractivity contribution in [3.63, 3.8) is 0 Å². The molecule has 0 heterocycles. The number of carbonyl (C=O) groups excluding carboxylic acids is 9. The first kappa shape index (κ1) is 60.1. The molecule has 0 aliphatic carbocycles. The minimum absolute atomic E-state index is 0.00790. The molecular weight excluding hydrogens is 874 g/mol. The van der Waals surface area contributed by atoms with Gasteiger partial charge in [0, 0.05) is 25.8 Å². The molecule has 66 heavy (non-hydrogen) atoms. The van der Waals surface area contributed by atoms with Crippen LogP contribution in [0.5, 0.6) is 0 Å². The fourth-order valence-corrected chi connectivity index (χ4v) is 5.76. The normalized spacial score (nSPS) is 14.2. The van der Waals surface area contributed by atoms with E-state index in [0.29, 0.717) is 6.42 Å². The van der Waals surface area contributed by atoms with Gasteiger partial charge in [0.2, 0.25) is 53.2 Å². The number of aliphatic hydroxyl groups is 1. The highest BCUT2D eigenvalue weighted by molar-refractivity contribution is 5.97. The number of carboxylic acids is 2. The van der Waals surface area contributed by atoms with Crippen LogP contribution in [0.25, 0.3) is 0 Å². The molecule has 0 aromatic rings. The average molecular weight is 946 g/mol. The molecule has 7 atom stereocenters. The van der Waals surface area contributed by atoms with Crippen molar-refractivity contribution >= 4 is 65.1 Å². The van der Waals surface area contributed by atoms with Gasteiger partial charge in [-0.1, -0.05) is 34.6 Å². The van der Waals surface area contributed by atoms with Gasteiger partial charge in [0.1, 0.15) is 48.9 Å². The van der Waals surface area contributed by atoms with E-state index in [0.717, 1.165) is 0 Å². The van der Waals surface area contributed by atoms with Crippen molar-refractivity contribution in [1.29, 1.82) is 0 Å². The number of aliphatic carboxylic acids is 2. The van der Waals surface area contributed by atoms with Crippen molar-refractivity contribution < 1.29 is 77.5 Å². The maximum Gasteiger partial charge on any atom is 0.303 e. The Morgan fingerprint density at radius 1 is 0.515 bits per heavy atom. The van der Waals surface area contributed by atoms with E-state index >= 15 is 0 Å². The second kappa shape index (κ2) is 32.7. The zero-order chi connectivity index (χ0) is 50.5. The molecule has 0 aromatic heterocycles. The van der Waals surface area contributed by atoms with Crippen LogP contribution in [-0.4, -0.2) is 162 Å². The van der Waals surface area contributed by atoms with E-state index in [1.807, 2.05) is 0 Å². The van der Waals surface area contributed by atoms with Crippen LogP contribution in [0.4, 0.5) is 0 Å². The Kier molecular flexibility index (Phi) is 29.7. The first-order valence-corrected chi connectivity index (χ1v) is 21.8. The van der Waals surface area contributed by atoms with Crippen LogP contribution in [-0.2, 0) is 62.2 Å². The number of hydrogen-bond acceptors (Lipinski definition) is 14. The molecular formula is C41H71N9O16. The lowest BCUT2D eigenvalue weighted by Crippen LogP contribution is -2.60. The predicted octanol–water partition coefficient (Wildman–Crippen LogP) is -3.33. The van der Waals surface area contributed by atoms with Crippen LogP contribution in [0.3, 0.4) is 0 Å². The van der Waals surface area contributed by atoms with Gasteiger partial charge in [-0.15, -0.1) is 0 Å². The zero-order valence-electron chi connectivity index (χ0n) is 38.8. The largest absolute Gasteiger partial charge is 0.481 e. The predicted molar refractivity (Wildman–Crippen MR) is 233 cm³/mol. The van der Waals surface area contributed by atoms with Crippen molar-refractivity contribution in [1.82, 2.24) is 42.5 Å². The second-order valence-corrected chi connectivity index (χ2v) is 16.0. The summed E-state index contributed by atoms with van der Waals surface area (Å²) in [6.07, 6.45) is -1.55. The van der Waals surface area contributed by atoms with Crippen molar-refractivity contribution in [2.75, 3.05) is 39.6 Å². The van der Waals surface area contributed by atoms with Gasteiger partial charge in [-0.2, -0.15) is 0 Å². The van der Waals surface area contributed by atoms with Crippen LogP contribution < -0.4 is 48.3 Å². The third-order valence-electron chi connectivity index (χ3n) is 9.64. The summed E-state index contributed by atoms with van der Waals surface area (Å²) < 4.78 is 10.2. The van der Waals surface area contributed by atoms with E-state index in [1.165, 1.54) is 13.8 Å². The maximum absolute atomic E-state index is 13.5. The molecule has 0 aromatic carbocycles. The fraction of sp³-hybridized carbons (Fsp3) is 0.732. The number of unbranched alkanes of at least 4 members (excludes halogenated alkanes) is 1. The monoisotopic (exact) mass is 946 g/mol. The molecule has 25 heteroatoms. The number of carboxylic acid groups (broad SMARTS) is 2. The average Bonchev–Trinajstić information content (AvgIpc) is 3.24. The highest BCUT2D eigenvalue weighted by Crippen LogP contribution is 2.09. The third kappa shape index (κ3) is 25.5. The van der Waals surface area contributed by atoms with Crippen LogP contribution in [0.1, 0.15) is 99.8 Å². The van der Waals surface area contributed by atoms with Crippen molar-refractivity contribution in [3.8, 4) is 0 Å². The molecule has 0 saturated heterocycles. The molecule has 0 saturated carbocycles. The van der Waals surface area contributed by atoms with Gasteiger partial charge < -0.3 is 73.1 Å². The molecule has 0 bridgehead atoms. The maximum atomic E-state index is 13.5. The van der Waals surface area contributed by atoms with Gasteiger partial charge in [-0.25, -0.2) is 0 Å². The Morgan fingerprint density at radius 3 is 1.45 bits per heavy atom. The quantitative estimate of drug-likeness (QED) is 0.0277. The minimum Gasteiger partial charge on any atom is -0.481 e. The second-order valence-electron chi connectivity index (χ2n) is 16.0. The zero-order valence-corrected chi connectivity index (χ0v) is 38.8. The summed E-state index contributed by atoms with van der Waals surface area (Å²) in [5.74, 6) is -10.5. The summed E-state index contributed by atoms with van der Waals surface area (Å²) in [7, 11) is 0. The molecule has 0 radical (unpaired) electrons. The van der Waals surface area contributed by atoms with E-state index < -0.39 is 133 Å². The summed E-state index contributed by atoms with van der Waals surface area (Å²) in [5, 5.41) is 47.0. The molecule has 0 spiro atoms. The van der Waals surface area contributed by atoms with Crippen LogP contribution in [0.2, 0.25) is 0 Å². The summed E-state index contributed by atoms with van der Waals surface area (Å²) in [4.78, 5) is 139. The van der Waals surface area contributed by atoms with E-state index in [4.69, 9.17) is 20.3 Å². The number of carbonyl (C=O) groups is 11. The van der Waals surface area contributed by atoms with E-state index in [9.17, 15) is 63.0 Å². The molecule has 376 valence electrons. The van der Waals surface area contributed by atoms with Gasteiger partial charge in [0.25, 0.3) is 0 Å². The smallest absolute Gasteiger partial charge is 0.303 e. The highest BCUT2D eigenvalue weighted by atomic mass is 16.5. The molecule has 25 nitrogen and oxygen atoms in total. The summed E-state index contributed by atoms with van der Waals surface area (Å²) in [5.41, 5.74) is 5.50. The van der Waals surface area contributed by atoms with E-state index in [2.05, 4.69) is 42.5 Å².